The second-order valence-electron chi connectivity index (χ2n) is 16.2. The van der Waals surface area contributed by atoms with Gasteiger partial charge in [-0.1, -0.05) is 72.3 Å². The van der Waals surface area contributed by atoms with Crippen molar-refractivity contribution in [2.24, 2.45) is 5.92 Å². The van der Waals surface area contributed by atoms with Gasteiger partial charge in [0.15, 0.2) is 0 Å². The van der Waals surface area contributed by atoms with E-state index in [9.17, 15) is 45.0 Å². The van der Waals surface area contributed by atoms with Gasteiger partial charge in [0.1, 0.15) is 4.90 Å². The van der Waals surface area contributed by atoms with Crippen molar-refractivity contribution < 1.29 is 45.0 Å². The van der Waals surface area contributed by atoms with Gasteiger partial charge in [0.05, 0.1) is 23.3 Å². The van der Waals surface area contributed by atoms with E-state index in [4.69, 9.17) is 0 Å². The lowest BCUT2D eigenvalue weighted by Gasteiger charge is -2.42. The van der Waals surface area contributed by atoms with Gasteiger partial charge in [-0.25, -0.2) is 21.6 Å². The van der Waals surface area contributed by atoms with Crippen LogP contribution in [0.4, 0.5) is 24.5 Å². The molecule has 17 heteroatoms. The van der Waals surface area contributed by atoms with E-state index >= 15 is 0 Å². The summed E-state index contributed by atoms with van der Waals surface area (Å²) in [4.78, 5) is 16.2. The van der Waals surface area contributed by atoms with Crippen molar-refractivity contribution in [2.45, 2.75) is 71.0 Å². The molecule has 0 aromatic heterocycles. The minimum absolute atomic E-state index is 0.00494. The number of thioether (sulfide) groups is 1. The van der Waals surface area contributed by atoms with E-state index in [2.05, 4.69) is 10.2 Å². The third kappa shape index (κ3) is 10.9. The maximum atomic E-state index is 14.2. The molecule has 0 saturated carbocycles. The summed E-state index contributed by atoms with van der Waals surface area (Å²) in [5.74, 6) is -0.724. The van der Waals surface area contributed by atoms with E-state index in [0.29, 0.717) is 50.7 Å². The first-order chi connectivity index (χ1) is 30.5. The number of anilines is 2. The molecule has 0 radical (unpaired) electrons. The quantitative estimate of drug-likeness (QED) is 0.0670. The van der Waals surface area contributed by atoms with Gasteiger partial charge >= 0.3 is 5.51 Å². The molecule has 11 nitrogen and oxygen atoms in total. The average Bonchev–Trinajstić information content (AvgIpc) is 3.28. The Hall–Kier alpha value is -4.91. The van der Waals surface area contributed by atoms with Crippen molar-refractivity contribution in [1.29, 1.82) is 0 Å². The molecule has 2 saturated heterocycles. The molecule has 7 rings (SSSR count). The summed E-state index contributed by atoms with van der Waals surface area (Å²) in [6.45, 7) is 4.35. The fourth-order valence-electron chi connectivity index (χ4n) is 8.29. The van der Waals surface area contributed by atoms with Crippen LogP contribution in [-0.4, -0.2) is 94.0 Å². The molecule has 4 N–H and O–H groups in total. The zero-order valence-electron chi connectivity index (χ0n) is 35.1. The molecule has 1 unspecified atom stereocenters. The number of halogens is 3. The summed E-state index contributed by atoms with van der Waals surface area (Å²) in [6.07, 6.45) is 1.90. The van der Waals surface area contributed by atoms with E-state index in [0.717, 1.165) is 57.9 Å². The van der Waals surface area contributed by atoms with E-state index in [-0.39, 0.29) is 24.1 Å². The van der Waals surface area contributed by atoms with E-state index in [1.54, 1.807) is 12.1 Å². The Kier molecular flexibility index (Phi) is 14.8. The number of nitrogens with one attached hydrogen (secondary N) is 2. The van der Waals surface area contributed by atoms with Crippen molar-refractivity contribution in [3.05, 3.63) is 138 Å². The topological polar surface area (TPSA) is 156 Å². The number of sulfonamides is 1. The molecule has 64 heavy (non-hydrogen) atoms. The number of sulfone groups is 1. The number of carbonyl (C=O) groups is 1. The highest BCUT2D eigenvalue weighted by Crippen LogP contribution is 2.39. The highest BCUT2D eigenvalue weighted by molar-refractivity contribution is 7.99. The van der Waals surface area contributed by atoms with Crippen LogP contribution in [-0.2, 0) is 19.9 Å². The normalized spacial score (nSPS) is 17.3. The predicted molar refractivity (Wildman–Crippen MR) is 244 cm³/mol. The largest absolute Gasteiger partial charge is 0.501 e. The van der Waals surface area contributed by atoms with Gasteiger partial charge < -0.3 is 20.4 Å². The summed E-state index contributed by atoms with van der Waals surface area (Å²) in [7, 11) is -11.0. The molecular formula is C47H51F3N4O7S3. The smallest absolute Gasteiger partial charge is 0.395 e. The number of alkyl halides is 3. The number of hydrogen-bond acceptors (Lipinski definition) is 11. The average molecular weight is 937 g/mol. The lowest BCUT2D eigenvalue weighted by molar-refractivity contribution is -0.0435. The Balaban J connectivity index is 1.03. The van der Waals surface area contributed by atoms with Crippen LogP contribution in [0, 0.1) is 12.8 Å². The summed E-state index contributed by atoms with van der Waals surface area (Å²) < 4.78 is 97.6. The van der Waals surface area contributed by atoms with Crippen LogP contribution in [0.1, 0.15) is 53.3 Å². The molecule has 340 valence electrons. The number of carbonyl (C=O) groups excluding carboxylic acids is 1. The minimum Gasteiger partial charge on any atom is -0.395 e. The van der Waals surface area contributed by atoms with Crippen LogP contribution >= 0.6 is 11.8 Å². The van der Waals surface area contributed by atoms with Crippen molar-refractivity contribution in [1.82, 2.24) is 9.62 Å². The number of benzene rings is 5. The maximum absolute atomic E-state index is 14.2. The van der Waals surface area contributed by atoms with Gasteiger partial charge in [-0.3, -0.25) is 9.69 Å². The first kappa shape index (κ1) is 47.1. The Labute approximate surface area is 376 Å². The molecule has 2 aliphatic rings. The lowest BCUT2D eigenvalue weighted by atomic mass is 9.84. The molecular weight excluding hydrogens is 886 g/mol. The Bertz CT molecular complexity index is 2610. The predicted octanol–water partition coefficient (Wildman–Crippen LogP) is 8.05. The van der Waals surface area contributed by atoms with Gasteiger partial charge in [0.2, 0.25) is 0 Å². The SMILES string of the molecule is Cc1ccc(-c2ccccc2[C@@H](O)C2CCN(c3ccc(C(=O)NS(=O)(=O)c4ccc(N[C@@H](CSc5ccccc5)CC5CCN5CCO)c(S(=O)(=O)C(F)(F)F)c4)cc3)CC2)cc1. The van der Waals surface area contributed by atoms with Gasteiger partial charge in [-0.05, 0) is 110 Å². The first-order valence-electron chi connectivity index (χ1n) is 21.0. The van der Waals surface area contributed by atoms with Crippen molar-refractivity contribution in [2.75, 3.05) is 48.8 Å². The molecule has 5 aromatic carbocycles. The molecule has 0 spiro atoms. The number of hydrogen-bond donors (Lipinski definition) is 4. The lowest BCUT2D eigenvalue weighted by Crippen LogP contribution is -2.51. The summed E-state index contributed by atoms with van der Waals surface area (Å²) in [6, 6.07) is 33.3. The maximum Gasteiger partial charge on any atom is 0.501 e. The number of aliphatic hydroxyl groups excluding tert-OH is 2. The van der Waals surface area contributed by atoms with Crippen molar-refractivity contribution in [3.63, 3.8) is 0 Å². The van der Waals surface area contributed by atoms with E-state index < -0.39 is 58.9 Å². The standard InChI is InChI=1S/C47H51F3N4O7S3/c1-32-11-13-33(14-12-32)41-9-5-6-10-42(41)45(56)34-21-24-53(25-22-34)37-17-15-35(16-18-37)46(57)52-64(60,61)40-19-20-43(44(30-40)63(58,59)47(48,49)50)51-36(29-38-23-26-54(38)27-28-55)31-62-39-7-3-2-4-8-39/h2-20,30,34,36,38,45,51,55-56H,21-29,31H2,1H3,(H,52,57)/t36-,38?,45+/m1/s1. The number of nitrogens with zero attached hydrogens (tertiary/aromatic N) is 2. The second-order valence-corrected chi connectivity index (χ2v) is 20.9. The number of aryl methyl sites for hydroxylation is 1. The van der Waals surface area contributed by atoms with Crippen LogP contribution < -0.4 is 14.9 Å². The van der Waals surface area contributed by atoms with Gasteiger partial charge in [-0.2, -0.15) is 13.2 Å². The second kappa shape index (κ2) is 20.1. The van der Waals surface area contributed by atoms with Crippen molar-refractivity contribution in [3.8, 4) is 11.1 Å². The van der Waals surface area contributed by atoms with Gasteiger partial charge in [0.25, 0.3) is 25.8 Å². The third-order valence-corrected chi connectivity index (χ3v) is 16.0. The van der Waals surface area contributed by atoms with Crippen LogP contribution in [0.25, 0.3) is 11.1 Å². The van der Waals surface area contributed by atoms with Gasteiger partial charge in [0, 0.05) is 60.2 Å². The van der Waals surface area contributed by atoms with E-state index in [1.165, 1.54) is 23.9 Å². The number of aliphatic hydroxyl groups is 2. The molecule has 2 aliphatic heterocycles. The monoisotopic (exact) mass is 936 g/mol. The third-order valence-electron chi connectivity index (χ3n) is 12.0. The van der Waals surface area contributed by atoms with Crippen LogP contribution in [0.2, 0.25) is 0 Å². The zero-order chi connectivity index (χ0) is 45.6. The fraction of sp³-hybridized carbons (Fsp3) is 0.340. The summed E-state index contributed by atoms with van der Waals surface area (Å²) >= 11 is 1.42. The van der Waals surface area contributed by atoms with E-state index in [1.807, 2.05) is 95.4 Å². The Morgan fingerprint density at radius 2 is 1.52 bits per heavy atom. The first-order valence-corrected chi connectivity index (χ1v) is 25.0. The molecule has 0 bridgehead atoms. The number of amides is 1. The molecule has 2 fully saturated rings. The van der Waals surface area contributed by atoms with Crippen molar-refractivity contribution >= 4 is 48.9 Å². The number of rotatable bonds is 17. The fourth-order valence-corrected chi connectivity index (χ4v) is 11.3. The highest BCUT2D eigenvalue weighted by atomic mass is 32.2. The number of likely N-dealkylation sites (tertiary alicyclic amines) is 1. The Morgan fingerprint density at radius 1 is 0.844 bits per heavy atom. The molecule has 1 amide bonds. The van der Waals surface area contributed by atoms with Crippen LogP contribution in [0.15, 0.2) is 136 Å². The highest BCUT2D eigenvalue weighted by Gasteiger charge is 2.48. The zero-order valence-corrected chi connectivity index (χ0v) is 37.6. The molecule has 0 aliphatic carbocycles. The number of β-amino-alcohol motifs (C(OH)–C–C–N with tert-alkyl or cyclic N) is 1. The number of piperidine rings is 1. The molecule has 5 aromatic rings. The molecule has 2 heterocycles. The molecule has 3 atom stereocenters. The van der Waals surface area contributed by atoms with Gasteiger partial charge in [-0.15, -0.1) is 11.8 Å². The minimum atomic E-state index is -6.08. The summed E-state index contributed by atoms with van der Waals surface area (Å²) in [5.41, 5.74) is -1.44. The van der Waals surface area contributed by atoms with Crippen LogP contribution in [0.3, 0.4) is 0 Å². The summed E-state index contributed by atoms with van der Waals surface area (Å²) in [5, 5.41) is 24.0. The van der Waals surface area contributed by atoms with Crippen LogP contribution in [0.5, 0.6) is 0 Å². The Morgan fingerprint density at radius 3 is 2.16 bits per heavy atom.